The van der Waals surface area contributed by atoms with Gasteiger partial charge in [0.25, 0.3) is 0 Å². The topological polar surface area (TPSA) is 113 Å². The SMILES string of the molecule is CC(C)[C@H](N)C(=O)NCC(=O)NCC(=O)Nc1cccc2ccccc12.Cl. The Morgan fingerprint density at radius 2 is 1.56 bits per heavy atom. The van der Waals surface area contributed by atoms with Gasteiger partial charge in [0.1, 0.15) is 0 Å². The summed E-state index contributed by atoms with van der Waals surface area (Å²) in [5.41, 5.74) is 6.37. The second-order valence-electron chi connectivity index (χ2n) is 6.34. The molecule has 0 unspecified atom stereocenters. The molecule has 1 atom stereocenters. The molecule has 0 radical (unpaired) electrons. The smallest absolute Gasteiger partial charge is 0.243 e. The number of fused-ring (bicyclic) bond motifs is 1. The maximum Gasteiger partial charge on any atom is 0.243 e. The van der Waals surface area contributed by atoms with Gasteiger partial charge in [0.05, 0.1) is 19.1 Å². The first-order valence-electron chi connectivity index (χ1n) is 8.46. The lowest BCUT2D eigenvalue weighted by Gasteiger charge is -2.15. The lowest BCUT2D eigenvalue weighted by molar-refractivity contribution is -0.127. The minimum Gasteiger partial charge on any atom is -0.346 e. The van der Waals surface area contributed by atoms with Crippen LogP contribution < -0.4 is 21.7 Å². The summed E-state index contributed by atoms with van der Waals surface area (Å²) < 4.78 is 0. The Bertz CT molecular complexity index is 805. The van der Waals surface area contributed by atoms with Gasteiger partial charge in [-0.3, -0.25) is 14.4 Å². The number of anilines is 1. The number of nitrogens with two attached hydrogens (primary N) is 1. The minimum absolute atomic E-state index is 0. The number of amides is 3. The molecule has 0 heterocycles. The Morgan fingerprint density at radius 1 is 0.926 bits per heavy atom. The summed E-state index contributed by atoms with van der Waals surface area (Å²) in [4.78, 5) is 35.5. The zero-order valence-corrected chi connectivity index (χ0v) is 16.1. The highest BCUT2D eigenvalue weighted by Gasteiger charge is 2.17. The van der Waals surface area contributed by atoms with Crippen molar-refractivity contribution in [2.45, 2.75) is 19.9 Å². The Balaban J connectivity index is 0.00000364. The van der Waals surface area contributed by atoms with E-state index >= 15 is 0 Å². The summed E-state index contributed by atoms with van der Waals surface area (Å²) in [7, 11) is 0. The first-order chi connectivity index (χ1) is 12.4. The largest absolute Gasteiger partial charge is 0.346 e. The molecule has 146 valence electrons. The third-order valence-electron chi connectivity index (χ3n) is 3.95. The van der Waals surface area contributed by atoms with Crippen molar-refractivity contribution in [1.82, 2.24) is 10.6 Å². The second-order valence-corrected chi connectivity index (χ2v) is 6.34. The maximum absolute atomic E-state index is 12.1. The fourth-order valence-corrected chi connectivity index (χ4v) is 2.36. The highest BCUT2D eigenvalue weighted by Crippen LogP contribution is 2.22. The van der Waals surface area contributed by atoms with E-state index in [1.807, 2.05) is 50.2 Å². The standard InChI is InChI=1S/C19H24N4O3.ClH/c1-12(2)18(20)19(26)22-10-16(24)21-11-17(25)23-15-9-5-7-13-6-3-4-8-14(13)15;/h3-9,12,18H,10-11,20H2,1-2H3,(H,21,24)(H,22,26)(H,23,25);1H/t18-;/m0./s1. The van der Waals surface area contributed by atoms with Crippen LogP contribution in [-0.2, 0) is 14.4 Å². The van der Waals surface area contributed by atoms with E-state index in [9.17, 15) is 14.4 Å². The van der Waals surface area contributed by atoms with Crippen LogP contribution in [0.2, 0.25) is 0 Å². The quantitative estimate of drug-likeness (QED) is 0.570. The third-order valence-corrected chi connectivity index (χ3v) is 3.95. The predicted octanol–water partition coefficient (Wildman–Crippen LogP) is 1.42. The first-order valence-corrected chi connectivity index (χ1v) is 8.46. The van der Waals surface area contributed by atoms with Gasteiger partial charge >= 0.3 is 0 Å². The normalized spacial score (nSPS) is 11.4. The molecule has 0 aliphatic rings. The van der Waals surface area contributed by atoms with Crippen molar-refractivity contribution in [2.75, 3.05) is 18.4 Å². The predicted molar refractivity (Wildman–Crippen MR) is 109 cm³/mol. The number of carbonyl (C=O) groups is 3. The van der Waals surface area contributed by atoms with E-state index in [1.165, 1.54) is 0 Å². The van der Waals surface area contributed by atoms with Gasteiger partial charge in [-0.1, -0.05) is 50.2 Å². The number of nitrogens with one attached hydrogen (secondary N) is 3. The van der Waals surface area contributed by atoms with Gasteiger partial charge in [0.2, 0.25) is 17.7 Å². The van der Waals surface area contributed by atoms with Crippen molar-refractivity contribution in [3.05, 3.63) is 42.5 Å². The molecule has 7 nitrogen and oxygen atoms in total. The molecular formula is C19H25ClN4O3. The second kappa shape index (κ2) is 10.5. The molecule has 0 aromatic heterocycles. The molecule has 0 aliphatic heterocycles. The van der Waals surface area contributed by atoms with Crippen LogP contribution in [0, 0.1) is 5.92 Å². The van der Waals surface area contributed by atoms with E-state index in [4.69, 9.17) is 5.73 Å². The van der Waals surface area contributed by atoms with E-state index < -0.39 is 17.9 Å². The Hall–Kier alpha value is -2.64. The molecule has 8 heteroatoms. The van der Waals surface area contributed by atoms with Crippen LogP contribution in [0.3, 0.4) is 0 Å². The van der Waals surface area contributed by atoms with Crippen molar-refractivity contribution in [3.8, 4) is 0 Å². The van der Waals surface area contributed by atoms with Gasteiger partial charge in [0, 0.05) is 11.1 Å². The molecule has 0 aliphatic carbocycles. The summed E-state index contributed by atoms with van der Waals surface area (Å²) in [5.74, 6) is -1.22. The van der Waals surface area contributed by atoms with Crippen LogP contribution in [0.15, 0.2) is 42.5 Å². The van der Waals surface area contributed by atoms with Crippen LogP contribution in [0.5, 0.6) is 0 Å². The molecule has 0 spiro atoms. The van der Waals surface area contributed by atoms with Gasteiger partial charge < -0.3 is 21.7 Å². The van der Waals surface area contributed by atoms with Crippen molar-refractivity contribution in [1.29, 1.82) is 0 Å². The maximum atomic E-state index is 12.1. The Morgan fingerprint density at radius 3 is 2.26 bits per heavy atom. The summed E-state index contributed by atoms with van der Waals surface area (Å²) in [5, 5.41) is 9.63. The van der Waals surface area contributed by atoms with Crippen LogP contribution in [0.1, 0.15) is 13.8 Å². The fourth-order valence-electron chi connectivity index (χ4n) is 2.36. The van der Waals surface area contributed by atoms with Gasteiger partial charge in [-0.15, -0.1) is 12.4 Å². The molecule has 0 saturated carbocycles. The van der Waals surface area contributed by atoms with Crippen LogP contribution in [-0.4, -0.2) is 36.9 Å². The lowest BCUT2D eigenvalue weighted by Crippen LogP contribution is -2.47. The lowest BCUT2D eigenvalue weighted by atomic mass is 10.1. The minimum atomic E-state index is -0.669. The van der Waals surface area contributed by atoms with Gasteiger partial charge in [-0.25, -0.2) is 0 Å². The summed E-state index contributed by atoms with van der Waals surface area (Å²) in [6, 6.07) is 12.6. The van der Waals surface area contributed by atoms with Crippen molar-refractivity contribution in [2.24, 2.45) is 11.7 Å². The molecule has 2 aromatic carbocycles. The average Bonchev–Trinajstić information content (AvgIpc) is 2.64. The highest BCUT2D eigenvalue weighted by atomic mass is 35.5. The monoisotopic (exact) mass is 392 g/mol. The number of rotatable bonds is 7. The average molecular weight is 393 g/mol. The van der Waals surface area contributed by atoms with Crippen LogP contribution >= 0.6 is 12.4 Å². The van der Waals surface area contributed by atoms with E-state index in [0.29, 0.717) is 5.69 Å². The van der Waals surface area contributed by atoms with Crippen LogP contribution in [0.25, 0.3) is 10.8 Å². The van der Waals surface area contributed by atoms with Gasteiger partial charge in [-0.2, -0.15) is 0 Å². The number of halogens is 1. The van der Waals surface area contributed by atoms with E-state index in [1.54, 1.807) is 6.07 Å². The zero-order valence-electron chi connectivity index (χ0n) is 15.3. The number of hydrogen-bond donors (Lipinski definition) is 4. The number of hydrogen-bond acceptors (Lipinski definition) is 4. The van der Waals surface area contributed by atoms with Crippen molar-refractivity contribution in [3.63, 3.8) is 0 Å². The Kier molecular flexibility index (Phi) is 8.71. The molecule has 2 rings (SSSR count). The molecule has 3 amide bonds. The molecule has 0 saturated heterocycles. The summed E-state index contributed by atoms with van der Waals surface area (Å²) >= 11 is 0. The summed E-state index contributed by atoms with van der Waals surface area (Å²) in [6.07, 6.45) is 0. The Labute approximate surface area is 164 Å². The van der Waals surface area contributed by atoms with Gasteiger partial charge in [0.15, 0.2) is 0 Å². The summed E-state index contributed by atoms with van der Waals surface area (Å²) in [6.45, 7) is 3.23. The zero-order chi connectivity index (χ0) is 19.1. The molecular weight excluding hydrogens is 368 g/mol. The number of benzene rings is 2. The van der Waals surface area contributed by atoms with Crippen LogP contribution in [0.4, 0.5) is 5.69 Å². The van der Waals surface area contributed by atoms with Crippen molar-refractivity contribution >= 4 is 46.6 Å². The molecule has 5 N–H and O–H groups in total. The van der Waals surface area contributed by atoms with E-state index in [-0.39, 0.29) is 37.3 Å². The van der Waals surface area contributed by atoms with Crippen molar-refractivity contribution < 1.29 is 14.4 Å². The number of carbonyl (C=O) groups excluding carboxylic acids is 3. The fraction of sp³-hybridized carbons (Fsp3) is 0.316. The van der Waals surface area contributed by atoms with E-state index in [0.717, 1.165) is 10.8 Å². The molecule has 2 aromatic rings. The highest BCUT2D eigenvalue weighted by molar-refractivity contribution is 6.03. The van der Waals surface area contributed by atoms with Gasteiger partial charge in [-0.05, 0) is 17.4 Å². The molecule has 27 heavy (non-hydrogen) atoms. The third kappa shape index (κ3) is 6.54. The van der Waals surface area contributed by atoms with E-state index in [2.05, 4.69) is 16.0 Å². The molecule has 0 fully saturated rings. The molecule has 0 bridgehead atoms. The first kappa shape index (κ1) is 22.4.